The molecule has 0 bridgehead atoms. The highest BCUT2D eigenvalue weighted by atomic mass is 32.1. The van der Waals surface area contributed by atoms with E-state index in [2.05, 4.69) is 15.0 Å². The first-order valence-corrected chi connectivity index (χ1v) is 5.74. The van der Waals surface area contributed by atoms with Crippen LogP contribution in [0.3, 0.4) is 0 Å². The van der Waals surface area contributed by atoms with Crippen LogP contribution in [0.2, 0.25) is 0 Å². The second kappa shape index (κ2) is 5.05. The summed E-state index contributed by atoms with van der Waals surface area (Å²) < 4.78 is 5.61. The van der Waals surface area contributed by atoms with Crippen LogP contribution < -0.4 is 4.74 Å². The lowest BCUT2D eigenvalue weighted by Crippen LogP contribution is -1.96. The highest BCUT2D eigenvalue weighted by molar-refractivity contribution is 7.71. The molecule has 0 atom stereocenters. The van der Waals surface area contributed by atoms with Gasteiger partial charge >= 0.3 is 0 Å². The number of H-pyrrole nitrogens is 1. The smallest absolute Gasteiger partial charge is 0.212 e. The summed E-state index contributed by atoms with van der Waals surface area (Å²) >= 11 is 5.13. The summed E-state index contributed by atoms with van der Waals surface area (Å²) in [5.74, 6) is 1.47. The van der Waals surface area contributed by atoms with E-state index in [0.717, 1.165) is 23.5 Å². The van der Waals surface area contributed by atoms with E-state index >= 15 is 0 Å². The average molecular weight is 247 g/mol. The largest absolute Gasteiger partial charge is 0.481 e. The molecule has 0 fully saturated rings. The van der Waals surface area contributed by atoms with E-state index in [1.165, 1.54) is 0 Å². The molecule has 4 nitrogen and oxygen atoms in total. The summed E-state index contributed by atoms with van der Waals surface area (Å²) in [6.45, 7) is 2.03. The molecule has 17 heavy (non-hydrogen) atoms. The van der Waals surface area contributed by atoms with Gasteiger partial charge in [-0.3, -0.25) is 0 Å². The van der Waals surface area contributed by atoms with E-state index in [-0.39, 0.29) is 0 Å². The Morgan fingerprint density at radius 3 is 2.82 bits per heavy atom. The average Bonchev–Trinajstić information content (AvgIpc) is 2.38. The maximum atomic E-state index is 5.13. The summed E-state index contributed by atoms with van der Waals surface area (Å²) in [6, 6.07) is 5.59. The number of methoxy groups -OCH3 is 1. The third-order valence-electron chi connectivity index (χ3n) is 2.38. The van der Waals surface area contributed by atoms with Crippen molar-refractivity contribution >= 4 is 12.2 Å². The first-order chi connectivity index (χ1) is 8.22. The number of aromatic nitrogens is 3. The van der Waals surface area contributed by atoms with Gasteiger partial charge in [-0.25, -0.2) is 9.97 Å². The Labute approximate surface area is 105 Å². The molecule has 0 aliphatic carbocycles. The Kier molecular flexibility index (Phi) is 3.49. The Morgan fingerprint density at radius 1 is 1.41 bits per heavy atom. The van der Waals surface area contributed by atoms with Crippen LogP contribution >= 0.6 is 12.2 Å². The number of pyridine rings is 1. The zero-order valence-electron chi connectivity index (χ0n) is 9.73. The topological polar surface area (TPSA) is 50.8 Å². The molecule has 0 aliphatic rings. The molecule has 0 saturated heterocycles. The first-order valence-electron chi connectivity index (χ1n) is 5.33. The van der Waals surface area contributed by atoms with Gasteiger partial charge in [0.05, 0.1) is 12.8 Å². The van der Waals surface area contributed by atoms with E-state index in [1.807, 2.05) is 25.1 Å². The molecule has 0 amide bonds. The lowest BCUT2D eigenvalue weighted by molar-refractivity contribution is 0.398. The number of hydrogen-bond donors (Lipinski definition) is 1. The zero-order chi connectivity index (χ0) is 12.3. The van der Waals surface area contributed by atoms with Crippen molar-refractivity contribution < 1.29 is 4.74 Å². The molecule has 88 valence electrons. The second-order valence-corrected chi connectivity index (χ2v) is 3.94. The molecule has 0 spiro atoms. The van der Waals surface area contributed by atoms with Crippen LogP contribution in [0.5, 0.6) is 5.88 Å². The summed E-state index contributed by atoms with van der Waals surface area (Å²) in [7, 11) is 1.59. The van der Waals surface area contributed by atoms with Gasteiger partial charge in [0.2, 0.25) is 5.88 Å². The van der Waals surface area contributed by atoms with Gasteiger partial charge in [-0.1, -0.05) is 19.1 Å². The van der Waals surface area contributed by atoms with Gasteiger partial charge in [-0.2, -0.15) is 0 Å². The highest BCUT2D eigenvalue weighted by Crippen LogP contribution is 2.18. The van der Waals surface area contributed by atoms with Crippen molar-refractivity contribution in [2.45, 2.75) is 13.3 Å². The number of nitrogens with zero attached hydrogens (tertiary/aromatic N) is 2. The quantitative estimate of drug-likeness (QED) is 0.847. The Balaban J connectivity index is 2.44. The lowest BCUT2D eigenvalue weighted by Gasteiger charge is -2.05. The molecule has 2 aromatic heterocycles. The monoisotopic (exact) mass is 247 g/mol. The van der Waals surface area contributed by atoms with Gasteiger partial charge in [-0.05, 0) is 12.1 Å². The van der Waals surface area contributed by atoms with Crippen molar-refractivity contribution in [3.63, 3.8) is 0 Å². The molecule has 2 heterocycles. The van der Waals surface area contributed by atoms with Gasteiger partial charge in [0.15, 0.2) is 0 Å². The van der Waals surface area contributed by atoms with Gasteiger partial charge in [0, 0.05) is 24.2 Å². The van der Waals surface area contributed by atoms with Gasteiger partial charge in [0.25, 0.3) is 0 Å². The Hall–Kier alpha value is -1.75. The van der Waals surface area contributed by atoms with Gasteiger partial charge in [-0.15, -0.1) is 0 Å². The highest BCUT2D eigenvalue weighted by Gasteiger charge is 2.02. The molecular formula is C12H13N3OS. The fourth-order valence-corrected chi connectivity index (χ4v) is 1.72. The molecule has 0 aromatic carbocycles. The third kappa shape index (κ3) is 2.68. The van der Waals surface area contributed by atoms with Crippen molar-refractivity contribution in [2.24, 2.45) is 0 Å². The van der Waals surface area contributed by atoms with Gasteiger partial charge in [0.1, 0.15) is 10.5 Å². The predicted octanol–water partition coefficient (Wildman–Crippen LogP) is 2.77. The zero-order valence-corrected chi connectivity index (χ0v) is 10.5. The minimum Gasteiger partial charge on any atom is -0.481 e. The minimum absolute atomic E-state index is 0.589. The van der Waals surface area contributed by atoms with Crippen molar-refractivity contribution in [3.05, 3.63) is 34.9 Å². The standard InChI is InChI=1S/C12H13N3OS/c1-3-10-14-9(6-12(17)15-10)8-4-5-11(16-2)13-7-8/h4-7H,3H2,1-2H3,(H,14,15,17). The van der Waals surface area contributed by atoms with Crippen LogP contribution in [0.1, 0.15) is 12.7 Å². The number of rotatable bonds is 3. The van der Waals surface area contributed by atoms with Crippen LogP contribution in [0.25, 0.3) is 11.3 Å². The van der Waals surface area contributed by atoms with Crippen molar-refractivity contribution in [1.82, 2.24) is 15.0 Å². The number of nitrogens with one attached hydrogen (secondary N) is 1. The maximum absolute atomic E-state index is 5.13. The van der Waals surface area contributed by atoms with E-state index in [1.54, 1.807) is 13.3 Å². The molecule has 0 unspecified atom stereocenters. The van der Waals surface area contributed by atoms with Crippen LogP contribution in [0, 0.1) is 4.64 Å². The first kappa shape index (κ1) is 11.7. The SMILES string of the molecule is CCc1nc(=S)cc(-c2ccc(OC)nc2)[nH]1. The third-order valence-corrected chi connectivity index (χ3v) is 2.59. The predicted molar refractivity (Wildman–Crippen MR) is 68.6 cm³/mol. The number of aryl methyl sites for hydroxylation is 1. The van der Waals surface area contributed by atoms with Crippen molar-refractivity contribution in [1.29, 1.82) is 0 Å². The molecule has 2 rings (SSSR count). The Morgan fingerprint density at radius 2 is 2.24 bits per heavy atom. The summed E-state index contributed by atoms with van der Waals surface area (Å²) in [4.78, 5) is 11.6. The Bertz CT molecular complexity index is 563. The maximum Gasteiger partial charge on any atom is 0.212 e. The van der Waals surface area contributed by atoms with E-state index < -0.39 is 0 Å². The normalized spacial score (nSPS) is 10.2. The summed E-state index contributed by atoms with van der Waals surface area (Å²) in [5, 5.41) is 0. The lowest BCUT2D eigenvalue weighted by atomic mass is 10.2. The molecule has 0 radical (unpaired) electrons. The number of aromatic amines is 1. The number of hydrogen-bond acceptors (Lipinski definition) is 4. The minimum atomic E-state index is 0.589. The summed E-state index contributed by atoms with van der Waals surface area (Å²) in [5.41, 5.74) is 1.89. The molecule has 0 saturated carbocycles. The molecule has 2 aromatic rings. The summed E-state index contributed by atoms with van der Waals surface area (Å²) in [6.07, 6.45) is 2.57. The molecule has 0 aliphatic heterocycles. The number of ether oxygens (including phenoxy) is 1. The van der Waals surface area contributed by atoms with Crippen molar-refractivity contribution in [2.75, 3.05) is 7.11 Å². The van der Waals surface area contributed by atoms with Crippen molar-refractivity contribution in [3.8, 4) is 17.1 Å². The van der Waals surface area contributed by atoms with Crippen LogP contribution in [0.15, 0.2) is 24.4 Å². The van der Waals surface area contributed by atoms with Gasteiger partial charge < -0.3 is 9.72 Å². The molecule has 5 heteroatoms. The van der Waals surface area contributed by atoms with E-state index in [0.29, 0.717) is 10.5 Å². The fraction of sp³-hybridized carbons (Fsp3) is 0.250. The fourth-order valence-electron chi connectivity index (χ4n) is 1.49. The van der Waals surface area contributed by atoms with E-state index in [9.17, 15) is 0 Å². The molecule has 1 N–H and O–H groups in total. The van der Waals surface area contributed by atoms with E-state index in [4.69, 9.17) is 17.0 Å². The van der Waals surface area contributed by atoms with Crippen LogP contribution in [-0.2, 0) is 6.42 Å². The molecular weight excluding hydrogens is 234 g/mol. The second-order valence-electron chi connectivity index (χ2n) is 3.52. The van der Waals surface area contributed by atoms with Crippen LogP contribution in [-0.4, -0.2) is 22.1 Å². The van der Waals surface area contributed by atoms with Crippen LogP contribution in [0.4, 0.5) is 0 Å².